The van der Waals surface area contributed by atoms with E-state index in [4.69, 9.17) is 14.2 Å². The lowest BCUT2D eigenvalue weighted by Gasteiger charge is -2.28. The van der Waals surface area contributed by atoms with Crippen molar-refractivity contribution in [1.82, 2.24) is 14.9 Å². The molecule has 2 aromatic heterocycles. The second kappa shape index (κ2) is 11.7. The standard InChI is InChI=1S/C25H33N3O6S/c1-14(2)28(11-17(29)13-33-19-9-7-18(32-6)8-10-19)12-20-26-23(30)21-16(5)22(35-24(21)27-20)25(31)34-15(3)4/h7-10,14-15,17,29H,11-13H2,1-6H3,(H,26,27,30). The smallest absolute Gasteiger partial charge is 0.348 e. The van der Waals surface area contributed by atoms with E-state index in [2.05, 4.69) is 9.97 Å². The van der Waals surface area contributed by atoms with Crippen LogP contribution in [-0.2, 0) is 11.3 Å². The monoisotopic (exact) mass is 503 g/mol. The molecule has 1 atom stereocenters. The molecule has 0 aliphatic rings. The number of ether oxygens (including phenoxy) is 3. The fraction of sp³-hybridized carbons (Fsp3) is 0.480. The van der Waals surface area contributed by atoms with Crippen molar-refractivity contribution in [3.63, 3.8) is 0 Å². The number of esters is 1. The molecule has 0 aliphatic heterocycles. The molecule has 9 nitrogen and oxygen atoms in total. The maximum Gasteiger partial charge on any atom is 0.348 e. The van der Waals surface area contributed by atoms with Gasteiger partial charge in [0.05, 0.1) is 25.1 Å². The van der Waals surface area contributed by atoms with Gasteiger partial charge in [-0.05, 0) is 64.4 Å². The number of nitrogens with zero attached hydrogens (tertiary/aromatic N) is 2. The van der Waals surface area contributed by atoms with E-state index in [-0.39, 0.29) is 24.3 Å². The van der Waals surface area contributed by atoms with Crippen LogP contribution >= 0.6 is 11.3 Å². The normalized spacial score (nSPS) is 12.5. The average molecular weight is 504 g/mol. The number of aliphatic hydroxyl groups excluding tert-OH is 1. The van der Waals surface area contributed by atoms with Crippen LogP contribution in [0.4, 0.5) is 0 Å². The van der Waals surface area contributed by atoms with Crippen molar-refractivity contribution in [3.05, 3.63) is 50.9 Å². The Bertz CT molecular complexity index is 1200. The van der Waals surface area contributed by atoms with Gasteiger partial charge in [0, 0.05) is 12.6 Å². The van der Waals surface area contributed by atoms with Crippen LogP contribution in [0.5, 0.6) is 11.5 Å². The van der Waals surface area contributed by atoms with Crippen LogP contribution in [0.25, 0.3) is 10.2 Å². The molecule has 10 heteroatoms. The van der Waals surface area contributed by atoms with Gasteiger partial charge in [-0.15, -0.1) is 11.3 Å². The minimum Gasteiger partial charge on any atom is -0.497 e. The minimum absolute atomic E-state index is 0.0771. The molecule has 0 saturated carbocycles. The third-order valence-electron chi connectivity index (χ3n) is 5.41. The Balaban J connectivity index is 1.71. The van der Waals surface area contributed by atoms with E-state index in [1.807, 2.05) is 18.7 Å². The number of aryl methyl sites for hydroxylation is 1. The number of fused-ring (bicyclic) bond motifs is 1. The third-order valence-corrected chi connectivity index (χ3v) is 6.57. The molecule has 2 heterocycles. The van der Waals surface area contributed by atoms with Crippen LogP contribution in [-0.4, -0.2) is 64.5 Å². The molecule has 3 aromatic rings. The molecule has 3 rings (SSSR count). The van der Waals surface area contributed by atoms with Crippen molar-refractivity contribution in [2.75, 3.05) is 20.3 Å². The van der Waals surface area contributed by atoms with Crippen molar-refractivity contribution in [1.29, 1.82) is 0 Å². The highest BCUT2D eigenvalue weighted by Crippen LogP contribution is 2.28. The van der Waals surface area contributed by atoms with Gasteiger partial charge in [0.1, 0.15) is 39.7 Å². The summed E-state index contributed by atoms with van der Waals surface area (Å²) in [4.78, 5) is 35.6. The highest BCUT2D eigenvalue weighted by atomic mass is 32.1. The number of methoxy groups -OCH3 is 1. The van der Waals surface area contributed by atoms with Crippen molar-refractivity contribution < 1.29 is 24.1 Å². The average Bonchev–Trinajstić information content (AvgIpc) is 3.14. The largest absolute Gasteiger partial charge is 0.497 e. The summed E-state index contributed by atoms with van der Waals surface area (Å²) >= 11 is 1.16. The maximum absolute atomic E-state index is 12.8. The molecule has 0 amide bonds. The first-order chi connectivity index (χ1) is 16.6. The molecule has 0 aliphatic carbocycles. The second-order valence-corrected chi connectivity index (χ2v) is 9.87. The molecule has 0 bridgehead atoms. The molecule has 0 radical (unpaired) electrons. The quantitative estimate of drug-likeness (QED) is 0.382. The Kier molecular flexibility index (Phi) is 8.87. The molecule has 0 spiro atoms. The van der Waals surface area contributed by atoms with Crippen LogP contribution in [0.2, 0.25) is 0 Å². The van der Waals surface area contributed by atoms with Gasteiger partial charge in [-0.3, -0.25) is 9.69 Å². The predicted molar refractivity (Wildman–Crippen MR) is 136 cm³/mol. The second-order valence-electron chi connectivity index (χ2n) is 8.87. The number of carbonyl (C=O) groups is 1. The maximum atomic E-state index is 12.8. The predicted octanol–water partition coefficient (Wildman–Crippen LogP) is 3.52. The van der Waals surface area contributed by atoms with Crippen LogP contribution in [0.3, 0.4) is 0 Å². The van der Waals surface area contributed by atoms with Gasteiger partial charge in [0.2, 0.25) is 0 Å². The number of H-pyrrole nitrogens is 1. The molecule has 2 N–H and O–H groups in total. The Morgan fingerprint density at radius 1 is 1.17 bits per heavy atom. The van der Waals surface area contributed by atoms with E-state index < -0.39 is 12.1 Å². The van der Waals surface area contributed by atoms with Gasteiger partial charge >= 0.3 is 5.97 Å². The number of rotatable bonds is 11. The highest BCUT2D eigenvalue weighted by molar-refractivity contribution is 7.20. The Morgan fingerprint density at radius 3 is 2.43 bits per heavy atom. The van der Waals surface area contributed by atoms with Gasteiger partial charge in [0.15, 0.2) is 0 Å². The number of aromatic nitrogens is 2. The summed E-state index contributed by atoms with van der Waals surface area (Å²) in [5, 5.41) is 11.0. The minimum atomic E-state index is -0.753. The number of benzene rings is 1. The summed E-state index contributed by atoms with van der Waals surface area (Å²) in [6.45, 7) is 10.1. The van der Waals surface area contributed by atoms with E-state index in [1.54, 1.807) is 52.1 Å². The summed E-state index contributed by atoms with van der Waals surface area (Å²) < 4.78 is 16.1. The summed E-state index contributed by atoms with van der Waals surface area (Å²) in [7, 11) is 1.60. The Labute approximate surface area is 208 Å². The number of aliphatic hydroxyl groups is 1. The number of hydrogen-bond acceptors (Lipinski definition) is 9. The molecule has 0 saturated heterocycles. The zero-order chi connectivity index (χ0) is 25.7. The number of hydrogen-bond donors (Lipinski definition) is 2. The highest BCUT2D eigenvalue weighted by Gasteiger charge is 2.22. The molecule has 35 heavy (non-hydrogen) atoms. The number of nitrogens with one attached hydrogen (secondary N) is 1. The summed E-state index contributed by atoms with van der Waals surface area (Å²) in [5.41, 5.74) is 0.275. The van der Waals surface area contributed by atoms with Crippen molar-refractivity contribution >= 4 is 27.5 Å². The SMILES string of the molecule is COc1ccc(OCC(O)CN(Cc2nc3sc(C(=O)OC(C)C)c(C)c3c(=O)[nH]2)C(C)C)cc1. The van der Waals surface area contributed by atoms with E-state index >= 15 is 0 Å². The molecule has 190 valence electrons. The van der Waals surface area contributed by atoms with E-state index in [1.165, 1.54) is 0 Å². The number of thiophene rings is 1. The first-order valence-electron chi connectivity index (χ1n) is 11.5. The summed E-state index contributed by atoms with van der Waals surface area (Å²) in [5.74, 6) is 1.37. The van der Waals surface area contributed by atoms with E-state index in [9.17, 15) is 14.7 Å². The fourth-order valence-electron chi connectivity index (χ4n) is 3.56. The molecular formula is C25H33N3O6S. The Morgan fingerprint density at radius 2 is 1.83 bits per heavy atom. The lowest BCUT2D eigenvalue weighted by Crippen LogP contribution is -2.40. The topological polar surface area (TPSA) is 114 Å². The first kappa shape index (κ1) is 26.7. The van der Waals surface area contributed by atoms with Crippen molar-refractivity contribution in [3.8, 4) is 11.5 Å². The summed E-state index contributed by atoms with van der Waals surface area (Å²) in [6, 6.07) is 7.22. The van der Waals surface area contributed by atoms with Crippen LogP contribution in [0, 0.1) is 6.92 Å². The lowest BCUT2D eigenvalue weighted by atomic mass is 10.2. The zero-order valence-corrected chi connectivity index (χ0v) is 21.8. The van der Waals surface area contributed by atoms with Crippen molar-refractivity contribution in [2.24, 2.45) is 0 Å². The van der Waals surface area contributed by atoms with Gasteiger partial charge in [-0.2, -0.15) is 0 Å². The van der Waals surface area contributed by atoms with E-state index in [0.29, 0.717) is 45.3 Å². The number of carbonyl (C=O) groups excluding carboxylic acids is 1. The third kappa shape index (κ3) is 6.81. The van der Waals surface area contributed by atoms with E-state index in [0.717, 1.165) is 17.1 Å². The lowest BCUT2D eigenvalue weighted by molar-refractivity contribution is 0.0383. The molecule has 0 fully saturated rings. The van der Waals surface area contributed by atoms with Crippen molar-refractivity contribution in [2.45, 2.75) is 59.4 Å². The molecular weight excluding hydrogens is 470 g/mol. The zero-order valence-electron chi connectivity index (χ0n) is 21.0. The van der Waals surface area contributed by atoms with Gasteiger partial charge in [-0.25, -0.2) is 9.78 Å². The number of aromatic amines is 1. The first-order valence-corrected chi connectivity index (χ1v) is 12.3. The Hall–Kier alpha value is -2.95. The molecule has 1 unspecified atom stereocenters. The van der Waals surface area contributed by atoms with Crippen LogP contribution in [0.15, 0.2) is 29.1 Å². The summed E-state index contributed by atoms with van der Waals surface area (Å²) in [6.07, 6.45) is -1.01. The van der Waals surface area contributed by atoms with Crippen LogP contribution < -0.4 is 15.0 Å². The van der Waals surface area contributed by atoms with Crippen LogP contribution in [0.1, 0.15) is 48.8 Å². The van der Waals surface area contributed by atoms with Gasteiger partial charge < -0.3 is 24.3 Å². The fourth-order valence-corrected chi connectivity index (χ4v) is 4.65. The van der Waals surface area contributed by atoms with Gasteiger partial charge in [0.25, 0.3) is 5.56 Å². The van der Waals surface area contributed by atoms with Gasteiger partial charge in [-0.1, -0.05) is 0 Å². The molecule has 1 aromatic carbocycles.